The van der Waals surface area contributed by atoms with Crippen molar-refractivity contribution in [2.45, 2.75) is 0 Å². The van der Waals surface area contributed by atoms with E-state index in [1.165, 1.54) is 7.11 Å². The van der Waals surface area contributed by atoms with Gasteiger partial charge in [0.15, 0.2) is 0 Å². The van der Waals surface area contributed by atoms with Crippen molar-refractivity contribution in [1.82, 2.24) is 4.98 Å². The van der Waals surface area contributed by atoms with Gasteiger partial charge >= 0.3 is 0 Å². The number of amides is 1. The first kappa shape index (κ1) is 15.4. The van der Waals surface area contributed by atoms with Crippen LogP contribution in [0.15, 0.2) is 60.0 Å². The normalized spacial score (nSPS) is 10.5. The van der Waals surface area contributed by atoms with E-state index in [1.54, 1.807) is 11.3 Å². The summed E-state index contributed by atoms with van der Waals surface area (Å²) in [6.45, 7) is 0.0499. The fourth-order valence-electron chi connectivity index (χ4n) is 2.17. The van der Waals surface area contributed by atoms with Crippen LogP contribution >= 0.6 is 11.3 Å². The Hall–Kier alpha value is -2.50. The fourth-order valence-corrected chi connectivity index (χ4v) is 3.01. The molecule has 1 N–H and O–H groups in total. The standard InChI is InChI=1S/C18H16N2O2S/c1-22-11-17(21)19-15-9-7-13(8-10-15)16-12-23-18(20-16)14-5-3-2-4-6-14/h2-10,12H,11H2,1H3,(H,19,21). The van der Waals surface area contributed by atoms with Crippen LogP contribution in [0.2, 0.25) is 0 Å². The molecule has 1 amide bonds. The van der Waals surface area contributed by atoms with Gasteiger partial charge in [-0.2, -0.15) is 0 Å². The van der Waals surface area contributed by atoms with Gasteiger partial charge in [-0.1, -0.05) is 42.5 Å². The third-order valence-corrected chi connectivity index (χ3v) is 4.16. The minimum atomic E-state index is -0.166. The van der Waals surface area contributed by atoms with E-state index in [9.17, 15) is 4.79 Å². The van der Waals surface area contributed by atoms with Gasteiger partial charge in [0.1, 0.15) is 11.6 Å². The number of nitrogens with one attached hydrogen (secondary N) is 1. The van der Waals surface area contributed by atoms with Gasteiger partial charge < -0.3 is 10.1 Å². The number of carbonyl (C=O) groups excluding carboxylic acids is 1. The highest BCUT2D eigenvalue weighted by Crippen LogP contribution is 2.29. The molecule has 3 rings (SSSR count). The van der Waals surface area contributed by atoms with Crippen LogP contribution in [0.5, 0.6) is 0 Å². The number of nitrogens with zero attached hydrogens (tertiary/aromatic N) is 1. The van der Waals surface area contributed by atoms with E-state index in [4.69, 9.17) is 4.74 Å². The molecule has 0 atom stereocenters. The summed E-state index contributed by atoms with van der Waals surface area (Å²) in [5, 5.41) is 5.81. The van der Waals surface area contributed by atoms with E-state index in [0.717, 1.165) is 27.5 Å². The Bertz CT molecular complexity index is 782. The van der Waals surface area contributed by atoms with Crippen molar-refractivity contribution >= 4 is 22.9 Å². The summed E-state index contributed by atoms with van der Waals surface area (Å²) in [6, 6.07) is 17.7. The molecule has 0 aliphatic rings. The first-order valence-electron chi connectivity index (χ1n) is 7.16. The molecule has 23 heavy (non-hydrogen) atoms. The number of carbonyl (C=O) groups is 1. The second kappa shape index (κ2) is 7.17. The van der Waals surface area contributed by atoms with E-state index >= 15 is 0 Å². The molecule has 4 nitrogen and oxygen atoms in total. The van der Waals surface area contributed by atoms with Crippen molar-refractivity contribution in [2.75, 3.05) is 19.0 Å². The Morgan fingerprint density at radius 3 is 2.52 bits per heavy atom. The van der Waals surface area contributed by atoms with E-state index in [1.807, 2.05) is 47.8 Å². The Kier molecular flexibility index (Phi) is 4.80. The number of hydrogen-bond acceptors (Lipinski definition) is 4. The molecule has 0 unspecified atom stereocenters. The van der Waals surface area contributed by atoms with Crippen LogP contribution in [-0.4, -0.2) is 24.6 Å². The molecule has 2 aromatic carbocycles. The molecule has 3 aromatic rings. The molecule has 1 aromatic heterocycles. The molecule has 0 radical (unpaired) electrons. The zero-order valence-corrected chi connectivity index (χ0v) is 13.5. The third kappa shape index (κ3) is 3.83. The lowest BCUT2D eigenvalue weighted by atomic mass is 10.1. The molecule has 0 saturated heterocycles. The highest BCUT2D eigenvalue weighted by Gasteiger charge is 2.07. The van der Waals surface area contributed by atoms with Gasteiger partial charge in [0.05, 0.1) is 5.69 Å². The molecule has 0 saturated carbocycles. The SMILES string of the molecule is COCC(=O)Nc1ccc(-c2csc(-c3ccccc3)n2)cc1. The minimum absolute atomic E-state index is 0.0499. The largest absolute Gasteiger partial charge is 0.375 e. The minimum Gasteiger partial charge on any atom is -0.375 e. The molecule has 116 valence electrons. The number of benzene rings is 2. The van der Waals surface area contributed by atoms with Gasteiger partial charge in [0.25, 0.3) is 0 Å². The zero-order chi connectivity index (χ0) is 16.1. The third-order valence-electron chi connectivity index (χ3n) is 3.26. The van der Waals surface area contributed by atoms with Crippen LogP contribution < -0.4 is 5.32 Å². The van der Waals surface area contributed by atoms with Crippen molar-refractivity contribution in [3.8, 4) is 21.8 Å². The number of aromatic nitrogens is 1. The summed E-state index contributed by atoms with van der Waals surface area (Å²) in [5.74, 6) is -0.166. The summed E-state index contributed by atoms with van der Waals surface area (Å²) < 4.78 is 4.79. The van der Waals surface area contributed by atoms with E-state index < -0.39 is 0 Å². The predicted octanol–water partition coefficient (Wildman–Crippen LogP) is 4.06. The van der Waals surface area contributed by atoms with Gasteiger partial charge in [-0.15, -0.1) is 11.3 Å². The Labute approximate surface area is 138 Å². The summed E-state index contributed by atoms with van der Waals surface area (Å²) in [6.07, 6.45) is 0. The molecular formula is C18H16N2O2S. The lowest BCUT2D eigenvalue weighted by molar-refractivity contribution is -0.119. The topological polar surface area (TPSA) is 51.2 Å². The molecule has 1 heterocycles. The molecule has 0 aliphatic heterocycles. The fraction of sp³-hybridized carbons (Fsp3) is 0.111. The number of thiazole rings is 1. The van der Waals surface area contributed by atoms with Crippen LogP contribution in [0.4, 0.5) is 5.69 Å². The lowest BCUT2D eigenvalue weighted by Crippen LogP contribution is -2.16. The molecule has 0 aliphatic carbocycles. The quantitative estimate of drug-likeness (QED) is 0.770. The van der Waals surface area contributed by atoms with Gasteiger partial charge in [-0.25, -0.2) is 4.98 Å². The van der Waals surface area contributed by atoms with E-state index in [2.05, 4.69) is 22.4 Å². The molecule has 0 bridgehead atoms. The number of rotatable bonds is 5. The first-order chi connectivity index (χ1) is 11.3. The van der Waals surface area contributed by atoms with Crippen LogP contribution in [0.25, 0.3) is 21.8 Å². The maximum absolute atomic E-state index is 11.5. The van der Waals surface area contributed by atoms with Crippen molar-refractivity contribution in [1.29, 1.82) is 0 Å². The lowest BCUT2D eigenvalue weighted by Gasteiger charge is -2.05. The van der Waals surface area contributed by atoms with Gasteiger partial charge in [0, 0.05) is 29.3 Å². The van der Waals surface area contributed by atoms with Crippen molar-refractivity contribution in [2.24, 2.45) is 0 Å². The maximum Gasteiger partial charge on any atom is 0.250 e. The van der Waals surface area contributed by atoms with Crippen LogP contribution in [0, 0.1) is 0 Å². The summed E-state index contributed by atoms with van der Waals surface area (Å²) in [5.41, 5.74) is 3.82. The Morgan fingerprint density at radius 1 is 1.09 bits per heavy atom. The monoisotopic (exact) mass is 324 g/mol. The molecule has 0 spiro atoms. The average Bonchev–Trinajstić information content (AvgIpc) is 3.07. The summed E-state index contributed by atoms with van der Waals surface area (Å²) in [4.78, 5) is 16.2. The molecule has 0 fully saturated rings. The Morgan fingerprint density at radius 2 is 1.83 bits per heavy atom. The molecule has 5 heteroatoms. The highest BCUT2D eigenvalue weighted by molar-refractivity contribution is 7.13. The van der Waals surface area contributed by atoms with Crippen LogP contribution in [-0.2, 0) is 9.53 Å². The van der Waals surface area contributed by atoms with Crippen LogP contribution in [0.3, 0.4) is 0 Å². The zero-order valence-electron chi connectivity index (χ0n) is 12.7. The average molecular weight is 324 g/mol. The van der Waals surface area contributed by atoms with Gasteiger partial charge in [-0.05, 0) is 12.1 Å². The number of ether oxygens (including phenoxy) is 1. The summed E-state index contributed by atoms with van der Waals surface area (Å²) >= 11 is 1.62. The number of hydrogen-bond donors (Lipinski definition) is 1. The molecular weight excluding hydrogens is 308 g/mol. The first-order valence-corrected chi connectivity index (χ1v) is 8.04. The van der Waals surface area contributed by atoms with Crippen molar-refractivity contribution in [3.63, 3.8) is 0 Å². The second-order valence-electron chi connectivity index (χ2n) is 4.96. The van der Waals surface area contributed by atoms with Gasteiger partial charge in [0.2, 0.25) is 5.91 Å². The Balaban J connectivity index is 1.75. The second-order valence-corrected chi connectivity index (χ2v) is 5.82. The number of anilines is 1. The van der Waals surface area contributed by atoms with Gasteiger partial charge in [-0.3, -0.25) is 4.79 Å². The summed E-state index contributed by atoms with van der Waals surface area (Å²) in [7, 11) is 1.50. The van der Waals surface area contributed by atoms with Crippen LogP contribution in [0.1, 0.15) is 0 Å². The van der Waals surface area contributed by atoms with E-state index in [-0.39, 0.29) is 12.5 Å². The van der Waals surface area contributed by atoms with Crippen molar-refractivity contribution in [3.05, 3.63) is 60.0 Å². The predicted molar refractivity (Wildman–Crippen MR) is 93.5 cm³/mol. The van der Waals surface area contributed by atoms with Crippen molar-refractivity contribution < 1.29 is 9.53 Å². The maximum atomic E-state index is 11.5. The number of methoxy groups -OCH3 is 1. The van der Waals surface area contributed by atoms with E-state index in [0.29, 0.717) is 0 Å². The highest BCUT2D eigenvalue weighted by atomic mass is 32.1. The smallest absolute Gasteiger partial charge is 0.250 e.